The summed E-state index contributed by atoms with van der Waals surface area (Å²) in [5, 5.41) is 15.9. The Bertz CT molecular complexity index is 989. The normalized spacial score (nSPS) is 12.7. The molecule has 0 amide bonds. The average Bonchev–Trinajstić information content (AvgIpc) is 2.69. The van der Waals surface area contributed by atoms with Crippen LogP contribution in [0.25, 0.3) is 0 Å². The van der Waals surface area contributed by atoms with Gasteiger partial charge in [0.25, 0.3) is 0 Å². The zero-order chi connectivity index (χ0) is 21.9. The molecule has 0 fully saturated rings. The lowest BCUT2D eigenvalue weighted by Crippen LogP contribution is -2.19. The summed E-state index contributed by atoms with van der Waals surface area (Å²) in [6, 6.07) is 24.2. The summed E-state index contributed by atoms with van der Waals surface area (Å²) in [5.41, 5.74) is 8.42. The zero-order valence-electron chi connectivity index (χ0n) is 18.8. The summed E-state index contributed by atoms with van der Waals surface area (Å²) in [6.45, 7) is 12.7. The van der Waals surface area contributed by atoms with Crippen LogP contribution in [-0.2, 0) is 10.8 Å². The number of rotatable bonds is 4. The Morgan fingerprint density at radius 1 is 0.700 bits per heavy atom. The largest absolute Gasteiger partial charge is 0.507 e. The first-order valence-electron chi connectivity index (χ1n) is 10.4. The van der Waals surface area contributed by atoms with Gasteiger partial charge in [-0.05, 0) is 35.1 Å². The summed E-state index contributed by atoms with van der Waals surface area (Å²) >= 11 is 0. The molecule has 0 unspecified atom stereocenters. The van der Waals surface area contributed by atoms with Crippen molar-refractivity contribution in [1.29, 1.82) is 0 Å². The van der Waals surface area contributed by atoms with Crippen molar-refractivity contribution in [3.8, 4) is 5.75 Å². The van der Waals surface area contributed by atoms with Crippen LogP contribution >= 0.6 is 0 Å². The van der Waals surface area contributed by atoms with E-state index in [2.05, 4.69) is 71.2 Å². The lowest BCUT2D eigenvalue weighted by Gasteiger charge is -2.28. The number of nitrogens with zero attached hydrogens (tertiary/aromatic N) is 1. The zero-order valence-corrected chi connectivity index (χ0v) is 18.8. The van der Waals surface area contributed by atoms with Gasteiger partial charge in [0.2, 0.25) is 0 Å². The number of phenols is 1. The van der Waals surface area contributed by atoms with Gasteiger partial charge in [-0.3, -0.25) is 5.43 Å². The number of phenolic OH excluding ortho intramolecular Hbond substituents is 1. The minimum atomic E-state index is -0.200. The van der Waals surface area contributed by atoms with E-state index in [0.717, 1.165) is 33.7 Å². The highest BCUT2D eigenvalue weighted by Gasteiger charge is 2.27. The van der Waals surface area contributed by atoms with Crippen molar-refractivity contribution in [3.05, 3.63) is 95.1 Å². The standard InChI is InChI=1S/C27H32N2O/c1-26(2,3)22-17-20(18-23(25(22)30)27(4,5)6)24(19-13-9-7-10-14-19)29-28-21-15-11-8-12-16-21/h7-18,28,30H,1-6H3. The van der Waals surface area contributed by atoms with Crippen molar-refractivity contribution in [2.75, 3.05) is 5.43 Å². The summed E-state index contributed by atoms with van der Waals surface area (Å²) in [5.74, 6) is 0.377. The molecule has 3 nitrogen and oxygen atoms in total. The highest BCUT2D eigenvalue weighted by molar-refractivity contribution is 6.13. The third kappa shape index (κ3) is 4.91. The predicted octanol–water partition coefficient (Wildman–Crippen LogP) is 6.85. The van der Waals surface area contributed by atoms with Crippen molar-refractivity contribution in [2.45, 2.75) is 52.4 Å². The topological polar surface area (TPSA) is 44.6 Å². The second-order valence-corrected chi connectivity index (χ2v) is 9.72. The molecular formula is C27H32N2O. The molecule has 2 N–H and O–H groups in total. The van der Waals surface area contributed by atoms with Gasteiger partial charge in [0.1, 0.15) is 5.75 Å². The van der Waals surface area contributed by atoms with E-state index in [1.807, 2.05) is 48.5 Å². The molecule has 0 saturated heterocycles. The number of hydrogen-bond donors (Lipinski definition) is 2. The Morgan fingerprint density at radius 3 is 1.63 bits per heavy atom. The summed E-state index contributed by atoms with van der Waals surface area (Å²) in [6.07, 6.45) is 0. The van der Waals surface area contributed by atoms with Gasteiger partial charge in [-0.1, -0.05) is 90.1 Å². The van der Waals surface area contributed by atoms with Gasteiger partial charge in [-0.2, -0.15) is 5.10 Å². The molecule has 30 heavy (non-hydrogen) atoms. The molecule has 0 spiro atoms. The quantitative estimate of drug-likeness (QED) is 0.371. The third-order valence-corrected chi connectivity index (χ3v) is 5.12. The van der Waals surface area contributed by atoms with Gasteiger partial charge in [-0.15, -0.1) is 0 Å². The van der Waals surface area contributed by atoms with Gasteiger partial charge in [-0.25, -0.2) is 0 Å². The number of nitrogens with one attached hydrogen (secondary N) is 1. The molecule has 0 aliphatic carbocycles. The van der Waals surface area contributed by atoms with Crippen molar-refractivity contribution in [2.24, 2.45) is 5.10 Å². The third-order valence-electron chi connectivity index (χ3n) is 5.12. The fourth-order valence-electron chi connectivity index (χ4n) is 3.44. The SMILES string of the molecule is CC(C)(C)c1cc(C(=NNc2ccccc2)c2ccccc2)cc(C(C)(C)C)c1O. The van der Waals surface area contributed by atoms with E-state index in [-0.39, 0.29) is 10.8 Å². The van der Waals surface area contributed by atoms with Crippen LogP contribution in [0, 0.1) is 0 Å². The lowest BCUT2D eigenvalue weighted by atomic mass is 9.77. The summed E-state index contributed by atoms with van der Waals surface area (Å²) in [7, 11) is 0. The predicted molar refractivity (Wildman–Crippen MR) is 128 cm³/mol. The molecule has 0 radical (unpaired) electrons. The minimum Gasteiger partial charge on any atom is -0.507 e. The molecule has 0 heterocycles. The monoisotopic (exact) mass is 400 g/mol. The van der Waals surface area contributed by atoms with Gasteiger partial charge in [0.15, 0.2) is 0 Å². The number of hydrazone groups is 1. The molecule has 3 aromatic rings. The molecule has 0 aromatic heterocycles. The Hall–Kier alpha value is -3.07. The Morgan fingerprint density at radius 2 is 1.17 bits per heavy atom. The highest BCUT2D eigenvalue weighted by Crippen LogP contribution is 2.40. The van der Waals surface area contributed by atoms with Gasteiger partial charge in [0.05, 0.1) is 11.4 Å². The maximum atomic E-state index is 11.1. The van der Waals surface area contributed by atoms with Crippen LogP contribution < -0.4 is 5.43 Å². The van der Waals surface area contributed by atoms with Crippen LogP contribution in [0.15, 0.2) is 77.9 Å². The van der Waals surface area contributed by atoms with E-state index < -0.39 is 0 Å². The maximum Gasteiger partial charge on any atom is 0.123 e. The van der Waals surface area contributed by atoms with Gasteiger partial charge >= 0.3 is 0 Å². The van der Waals surface area contributed by atoms with Crippen molar-refractivity contribution < 1.29 is 5.11 Å². The van der Waals surface area contributed by atoms with Crippen LogP contribution in [-0.4, -0.2) is 10.8 Å². The van der Waals surface area contributed by atoms with Crippen LogP contribution in [0.3, 0.4) is 0 Å². The number of hydrogen-bond acceptors (Lipinski definition) is 3. The highest BCUT2D eigenvalue weighted by atomic mass is 16.3. The van der Waals surface area contributed by atoms with Gasteiger partial charge in [0, 0.05) is 22.3 Å². The Kier molecular flexibility index (Phi) is 6.02. The molecule has 3 rings (SSSR count). The second kappa shape index (κ2) is 8.35. The van der Waals surface area contributed by atoms with Crippen molar-refractivity contribution >= 4 is 11.4 Å². The Labute approximate surface area is 180 Å². The summed E-state index contributed by atoms with van der Waals surface area (Å²) < 4.78 is 0. The second-order valence-electron chi connectivity index (χ2n) is 9.72. The van der Waals surface area contributed by atoms with E-state index in [1.165, 1.54) is 0 Å². The first-order chi connectivity index (χ1) is 14.1. The molecular weight excluding hydrogens is 368 g/mol. The number of para-hydroxylation sites is 1. The van der Waals surface area contributed by atoms with Crippen molar-refractivity contribution in [1.82, 2.24) is 0 Å². The first-order valence-corrected chi connectivity index (χ1v) is 10.4. The molecule has 3 heteroatoms. The van der Waals surface area contributed by atoms with E-state index in [0.29, 0.717) is 5.75 Å². The van der Waals surface area contributed by atoms with Crippen molar-refractivity contribution in [3.63, 3.8) is 0 Å². The number of anilines is 1. The first kappa shape index (κ1) is 21.6. The maximum absolute atomic E-state index is 11.1. The lowest BCUT2D eigenvalue weighted by molar-refractivity contribution is 0.423. The molecule has 0 atom stereocenters. The van der Waals surface area contributed by atoms with E-state index in [9.17, 15) is 5.11 Å². The molecule has 0 aliphatic heterocycles. The van der Waals surface area contributed by atoms with E-state index >= 15 is 0 Å². The van der Waals surface area contributed by atoms with Crippen LogP contribution in [0.4, 0.5) is 5.69 Å². The fraction of sp³-hybridized carbons (Fsp3) is 0.296. The van der Waals surface area contributed by atoms with Crippen LogP contribution in [0.1, 0.15) is 63.8 Å². The molecule has 0 aliphatic rings. The minimum absolute atomic E-state index is 0.200. The molecule has 3 aromatic carbocycles. The number of aromatic hydroxyl groups is 1. The van der Waals surface area contributed by atoms with Gasteiger partial charge < -0.3 is 5.11 Å². The molecule has 0 bridgehead atoms. The fourth-order valence-corrected chi connectivity index (χ4v) is 3.44. The average molecular weight is 401 g/mol. The van der Waals surface area contributed by atoms with Crippen LogP contribution in [0.2, 0.25) is 0 Å². The Balaban J connectivity index is 2.22. The van der Waals surface area contributed by atoms with E-state index in [4.69, 9.17) is 5.10 Å². The van der Waals surface area contributed by atoms with E-state index in [1.54, 1.807) is 0 Å². The molecule has 0 saturated carbocycles. The molecule has 156 valence electrons. The van der Waals surface area contributed by atoms with Crippen LogP contribution in [0.5, 0.6) is 5.75 Å². The number of benzene rings is 3. The smallest absolute Gasteiger partial charge is 0.123 e. The summed E-state index contributed by atoms with van der Waals surface area (Å²) in [4.78, 5) is 0.